The zero-order valence-corrected chi connectivity index (χ0v) is 14.9. The lowest BCUT2D eigenvalue weighted by Crippen LogP contribution is -2.18. The summed E-state index contributed by atoms with van der Waals surface area (Å²) in [4.78, 5) is 0. The quantitative estimate of drug-likeness (QED) is 0.646. The molecular formula is C20H25F2NO2. The molecule has 0 aliphatic heterocycles. The van der Waals surface area contributed by atoms with E-state index in [1.807, 2.05) is 25.1 Å². The molecule has 0 amide bonds. The molecule has 0 aliphatic carbocycles. The molecule has 25 heavy (non-hydrogen) atoms. The van der Waals surface area contributed by atoms with E-state index in [1.54, 1.807) is 13.2 Å². The number of hydrogen-bond donors (Lipinski definition) is 1. The first-order valence-corrected chi connectivity index (χ1v) is 8.53. The minimum absolute atomic E-state index is 0.110. The van der Waals surface area contributed by atoms with Crippen LogP contribution in [0.25, 0.3) is 0 Å². The standard InChI is InChI=1S/C20H25F2NO2/c1-4-5-10-25-19-9-6-15(11-20(19)24-3)13-23-14(2)16-7-8-17(21)18(22)12-16/h6-9,11-12,14,23H,4-5,10,13H2,1-3H3. The molecule has 2 aromatic rings. The third-order valence-corrected chi connectivity index (χ3v) is 4.04. The van der Waals surface area contributed by atoms with Crippen LogP contribution in [0, 0.1) is 11.6 Å². The zero-order valence-electron chi connectivity index (χ0n) is 14.9. The maximum Gasteiger partial charge on any atom is 0.161 e. The van der Waals surface area contributed by atoms with Gasteiger partial charge in [0.2, 0.25) is 0 Å². The van der Waals surface area contributed by atoms with Crippen molar-refractivity contribution in [3.63, 3.8) is 0 Å². The lowest BCUT2D eigenvalue weighted by Gasteiger charge is -2.16. The lowest BCUT2D eigenvalue weighted by atomic mass is 10.1. The van der Waals surface area contributed by atoms with Gasteiger partial charge in [0.05, 0.1) is 13.7 Å². The Morgan fingerprint density at radius 3 is 2.52 bits per heavy atom. The first kappa shape index (κ1) is 19.2. The van der Waals surface area contributed by atoms with Crippen LogP contribution in [0.5, 0.6) is 11.5 Å². The number of hydrogen-bond acceptors (Lipinski definition) is 3. The molecule has 3 nitrogen and oxygen atoms in total. The van der Waals surface area contributed by atoms with Crippen molar-refractivity contribution in [2.24, 2.45) is 0 Å². The summed E-state index contributed by atoms with van der Waals surface area (Å²) in [5, 5.41) is 3.30. The molecule has 0 aliphatic rings. The first-order chi connectivity index (χ1) is 12.0. The first-order valence-electron chi connectivity index (χ1n) is 8.53. The molecule has 0 saturated heterocycles. The van der Waals surface area contributed by atoms with E-state index in [-0.39, 0.29) is 6.04 Å². The normalized spacial score (nSPS) is 12.0. The molecule has 0 bridgehead atoms. The van der Waals surface area contributed by atoms with Gasteiger partial charge in [-0.15, -0.1) is 0 Å². The highest BCUT2D eigenvalue weighted by atomic mass is 19.2. The molecule has 5 heteroatoms. The van der Waals surface area contributed by atoms with E-state index in [9.17, 15) is 8.78 Å². The van der Waals surface area contributed by atoms with E-state index in [0.29, 0.717) is 24.5 Å². The maximum absolute atomic E-state index is 13.3. The lowest BCUT2D eigenvalue weighted by molar-refractivity contribution is 0.288. The number of ether oxygens (including phenoxy) is 2. The maximum atomic E-state index is 13.3. The van der Waals surface area contributed by atoms with E-state index in [1.165, 1.54) is 6.07 Å². The van der Waals surface area contributed by atoms with Gasteiger partial charge >= 0.3 is 0 Å². The van der Waals surface area contributed by atoms with Crippen molar-refractivity contribution in [2.75, 3.05) is 13.7 Å². The molecule has 1 N–H and O–H groups in total. The van der Waals surface area contributed by atoms with Gasteiger partial charge in [0.1, 0.15) is 0 Å². The largest absolute Gasteiger partial charge is 0.493 e. The Bertz CT molecular complexity index is 691. The number of benzene rings is 2. The summed E-state index contributed by atoms with van der Waals surface area (Å²) in [5.41, 5.74) is 1.72. The second kappa shape index (κ2) is 9.37. The minimum atomic E-state index is -0.834. The van der Waals surface area contributed by atoms with Crippen molar-refractivity contribution < 1.29 is 18.3 Å². The fourth-order valence-corrected chi connectivity index (χ4v) is 2.44. The molecule has 0 saturated carbocycles. The van der Waals surface area contributed by atoms with Crippen LogP contribution in [0.15, 0.2) is 36.4 Å². The van der Waals surface area contributed by atoms with Crippen LogP contribution in [0.2, 0.25) is 0 Å². The van der Waals surface area contributed by atoms with Crippen LogP contribution in [0.1, 0.15) is 43.9 Å². The van der Waals surface area contributed by atoms with Crippen molar-refractivity contribution in [3.8, 4) is 11.5 Å². The molecule has 136 valence electrons. The Balaban J connectivity index is 1.98. The van der Waals surface area contributed by atoms with Crippen LogP contribution in [-0.2, 0) is 6.54 Å². The van der Waals surface area contributed by atoms with Crippen molar-refractivity contribution in [2.45, 2.75) is 39.3 Å². The van der Waals surface area contributed by atoms with Gasteiger partial charge in [0.15, 0.2) is 23.1 Å². The molecule has 0 radical (unpaired) electrons. The van der Waals surface area contributed by atoms with Gasteiger partial charge in [-0.1, -0.05) is 25.5 Å². The van der Waals surface area contributed by atoms with Gasteiger partial charge in [0, 0.05) is 12.6 Å². The second-order valence-electron chi connectivity index (χ2n) is 5.96. The average Bonchev–Trinajstić information content (AvgIpc) is 2.62. The van der Waals surface area contributed by atoms with Gasteiger partial charge in [-0.25, -0.2) is 8.78 Å². The third kappa shape index (κ3) is 5.43. The highest BCUT2D eigenvalue weighted by molar-refractivity contribution is 5.43. The Labute approximate surface area is 148 Å². The van der Waals surface area contributed by atoms with Gasteiger partial charge < -0.3 is 14.8 Å². The van der Waals surface area contributed by atoms with Crippen molar-refractivity contribution in [3.05, 3.63) is 59.2 Å². The minimum Gasteiger partial charge on any atom is -0.493 e. The Kier molecular flexibility index (Phi) is 7.19. The molecule has 1 unspecified atom stereocenters. The summed E-state index contributed by atoms with van der Waals surface area (Å²) >= 11 is 0. The highest BCUT2D eigenvalue weighted by Gasteiger charge is 2.10. The van der Waals surface area contributed by atoms with E-state index < -0.39 is 11.6 Å². The predicted molar refractivity (Wildman–Crippen MR) is 95.0 cm³/mol. The summed E-state index contributed by atoms with van der Waals surface area (Å²) in [6.07, 6.45) is 2.07. The average molecular weight is 349 g/mol. The monoisotopic (exact) mass is 349 g/mol. The Morgan fingerprint density at radius 1 is 1.04 bits per heavy atom. The van der Waals surface area contributed by atoms with Crippen LogP contribution in [-0.4, -0.2) is 13.7 Å². The van der Waals surface area contributed by atoms with Gasteiger partial charge in [-0.05, 0) is 48.7 Å². The number of nitrogens with one attached hydrogen (secondary N) is 1. The van der Waals surface area contributed by atoms with Crippen LogP contribution < -0.4 is 14.8 Å². The van der Waals surface area contributed by atoms with Crippen molar-refractivity contribution in [1.29, 1.82) is 0 Å². The molecule has 1 atom stereocenters. The summed E-state index contributed by atoms with van der Waals surface area (Å²) < 4.78 is 37.5. The van der Waals surface area contributed by atoms with E-state index in [0.717, 1.165) is 30.2 Å². The van der Waals surface area contributed by atoms with Crippen LogP contribution in [0.3, 0.4) is 0 Å². The highest BCUT2D eigenvalue weighted by Crippen LogP contribution is 2.28. The van der Waals surface area contributed by atoms with Crippen LogP contribution >= 0.6 is 0 Å². The summed E-state index contributed by atoms with van der Waals surface area (Å²) in [6.45, 7) is 5.26. The Hall–Kier alpha value is -2.14. The fraction of sp³-hybridized carbons (Fsp3) is 0.400. The molecule has 0 heterocycles. The fourth-order valence-electron chi connectivity index (χ4n) is 2.44. The number of rotatable bonds is 9. The van der Waals surface area contributed by atoms with Gasteiger partial charge in [0.25, 0.3) is 0 Å². The van der Waals surface area contributed by atoms with Crippen molar-refractivity contribution >= 4 is 0 Å². The van der Waals surface area contributed by atoms with E-state index >= 15 is 0 Å². The Morgan fingerprint density at radius 2 is 1.84 bits per heavy atom. The molecule has 2 aromatic carbocycles. The topological polar surface area (TPSA) is 30.5 Å². The van der Waals surface area contributed by atoms with E-state index in [2.05, 4.69) is 12.2 Å². The van der Waals surface area contributed by atoms with Gasteiger partial charge in [-0.2, -0.15) is 0 Å². The van der Waals surface area contributed by atoms with Gasteiger partial charge in [-0.3, -0.25) is 0 Å². The summed E-state index contributed by atoms with van der Waals surface area (Å²) in [6, 6.07) is 9.63. The molecular weight excluding hydrogens is 324 g/mol. The number of unbranched alkanes of at least 4 members (excludes halogenated alkanes) is 1. The number of methoxy groups -OCH3 is 1. The summed E-state index contributed by atoms with van der Waals surface area (Å²) in [5.74, 6) is -0.245. The molecule has 2 rings (SSSR count). The third-order valence-electron chi connectivity index (χ3n) is 4.04. The molecule has 0 aromatic heterocycles. The SMILES string of the molecule is CCCCOc1ccc(CNC(C)c2ccc(F)c(F)c2)cc1OC. The van der Waals surface area contributed by atoms with Crippen LogP contribution in [0.4, 0.5) is 8.78 Å². The smallest absolute Gasteiger partial charge is 0.161 e. The predicted octanol–water partition coefficient (Wildman–Crippen LogP) is 5.00. The number of halogens is 2. The zero-order chi connectivity index (χ0) is 18.2. The van der Waals surface area contributed by atoms with E-state index in [4.69, 9.17) is 9.47 Å². The molecule has 0 fully saturated rings. The second-order valence-corrected chi connectivity index (χ2v) is 5.96. The van der Waals surface area contributed by atoms with Crippen molar-refractivity contribution in [1.82, 2.24) is 5.32 Å². The molecule has 0 spiro atoms. The summed E-state index contributed by atoms with van der Waals surface area (Å²) in [7, 11) is 1.61.